The van der Waals surface area contributed by atoms with Crippen molar-refractivity contribution in [3.05, 3.63) is 58.3 Å². The lowest BCUT2D eigenvalue weighted by Gasteiger charge is -2.25. The smallest absolute Gasteiger partial charge is 0.302 e. The van der Waals surface area contributed by atoms with Crippen LogP contribution in [0.5, 0.6) is 0 Å². The molecule has 0 saturated heterocycles. The molecule has 18 heavy (non-hydrogen) atoms. The van der Waals surface area contributed by atoms with Gasteiger partial charge in [-0.3, -0.25) is 4.57 Å². The lowest BCUT2D eigenvalue weighted by atomic mass is 9.84. The SMILES string of the molecule is Cc1ccc(C(C)(C)Cn2ccn(C)c2=O)cc1. The molecule has 3 nitrogen and oxygen atoms in total. The standard InChI is InChI=1S/C15H20N2O/c1-12-5-7-13(8-6-12)15(2,3)11-17-10-9-16(4)14(17)18/h5-10H,11H2,1-4H3. The summed E-state index contributed by atoms with van der Waals surface area (Å²) < 4.78 is 3.37. The number of nitrogens with zero attached hydrogens (tertiary/aromatic N) is 2. The van der Waals surface area contributed by atoms with E-state index in [1.165, 1.54) is 11.1 Å². The molecule has 96 valence electrons. The number of hydrogen-bond donors (Lipinski definition) is 0. The van der Waals surface area contributed by atoms with Crippen molar-refractivity contribution in [1.29, 1.82) is 0 Å². The highest BCUT2D eigenvalue weighted by atomic mass is 16.1. The van der Waals surface area contributed by atoms with Gasteiger partial charge >= 0.3 is 5.69 Å². The van der Waals surface area contributed by atoms with E-state index in [-0.39, 0.29) is 11.1 Å². The van der Waals surface area contributed by atoms with Gasteiger partial charge in [0.05, 0.1) is 0 Å². The van der Waals surface area contributed by atoms with E-state index < -0.39 is 0 Å². The second-order valence-electron chi connectivity index (χ2n) is 5.57. The van der Waals surface area contributed by atoms with Gasteiger partial charge in [-0.25, -0.2) is 4.79 Å². The van der Waals surface area contributed by atoms with Crippen LogP contribution in [0.15, 0.2) is 41.5 Å². The molecule has 0 aliphatic carbocycles. The van der Waals surface area contributed by atoms with Crippen LogP contribution in [0, 0.1) is 6.92 Å². The number of imidazole rings is 1. The first-order valence-electron chi connectivity index (χ1n) is 6.19. The molecule has 0 atom stereocenters. The predicted octanol–water partition coefficient (Wildman–Crippen LogP) is 2.47. The van der Waals surface area contributed by atoms with E-state index in [0.29, 0.717) is 6.54 Å². The van der Waals surface area contributed by atoms with E-state index in [1.54, 1.807) is 22.4 Å². The van der Waals surface area contributed by atoms with Crippen molar-refractivity contribution < 1.29 is 0 Å². The van der Waals surface area contributed by atoms with E-state index in [2.05, 4.69) is 45.0 Å². The average molecular weight is 244 g/mol. The second kappa shape index (κ2) is 4.48. The highest BCUT2D eigenvalue weighted by Crippen LogP contribution is 2.24. The number of hydrogen-bond acceptors (Lipinski definition) is 1. The van der Waals surface area contributed by atoms with Crippen LogP contribution in [-0.4, -0.2) is 9.13 Å². The van der Waals surface area contributed by atoms with Gasteiger partial charge in [-0.1, -0.05) is 43.7 Å². The molecule has 0 saturated carbocycles. The Morgan fingerprint density at radius 2 is 1.72 bits per heavy atom. The average Bonchev–Trinajstić information content (AvgIpc) is 2.61. The van der Waals surface area contributed by atoms with E-state index in [0.717, 1.165) is 0 Å². The molecule has 0 aliphatic rings. The zero-order valence-electron chi connectivity index (χ0n) is 11.5. The zero-order valence-corrected chi connectivity index (χ0v) is 11.5. The Balaban J connectivity index is 2.29. The quantitative estimate of drug-likeness (QED) is 0.815. The van der Waals surface area contributed by atoms with Crippen molar-refractivity contribution in [2.45, 2.75) is 32.7 Å². The van der Waals surface area contributed by atoms with Crippen molar-refractivity contribution in [2.75, 3.05) is 0 Å². The molecule has 2 aromatic rings. The summed E-state index contributed by atoms with van der Waals surface area (Å²) in [5.41, 5.74) is 2.49. The third-order valence-electron chi connectivity index (χ3n) is 3.42. The van der Waals surface area contributed by atoms with Crippen LogP contribution in [0.2, 0.25) is 0 Å². The summed E-state index contributed by atoms with van der Waals surface area (Å²) in [6.07, 6.45) is 3.64. The molecular weight excluding hydrogens is 224 g/mol. The van der Waals surface area contributed by atoms with Crippen LogP contribution < -0.4 is 5.69 Å². The fraction of sp³-hybridized carbons (Fsp3) is 0.400. The Morgan fingerprint density at radius 3 is 2.22 bits per heavy atom. The topological polar surface area (TPSA) is 26.9 Å². The molecule has 0 amide bonds. The molecule has 0 radical (unpaired) electrons. The first-order valence-corrected chi connectivity index (χ1v) is 6.19. The number of aryl methyl sites for hydroxylation is 2. The normalized spacial score (nSPS) is 11.8. The summed E-state index contributed by atoms with van der Waals surface area (Å²) in [6, 6.07) is 8.52. The molecule has 0 bridgehead atoms. The van der Waals surface area contributed by atoms with Crippen LogP contribution in [0.4, 0.5) is 0 Å². The monoisotopic (exact) mass is 244 g/mol. The minimum Gasteiger partial charge on any atom is -0.302 e. The molecule has 0 spiro atoms. The van der Waals surface area contributed by atoms with E-state index in [1.807, 2.05) is 6.20 Å². The highest BCUT2D eigenvalue weighted by molar-refractivity contribution is 5.27. The molecule has 0 N–H and O–H groups in total. The predicted molar refractivity (Wildman–Crippen MR) is 73.9 cm³/mol. The Labute approximate surface area is 108 Å². The van der Waals surface area contributed by atoms with Crippen molar-refractivity contribution in [1.82, 2.24) is 9.13 Å². The number of benzene rings is 1. The van der Waals surface area contributed by atoms with Gasteiger partial charge in [0.1, 0.15) is 0 Å². The summed E-state index contributed by atoms with van der Waals surface area (Å²) in [6.45, 7) is 7.10. The Bertz CT molecular complexity index is 588. The molecule has 3 heteroatoms. The molecule has 0 unspecified atom stereocenters. The summed E-state index contributed by atoms with van der Waals surface area (Å²) in [5.74, 6) is 0. The molecule has 1 aromatic heterocycles. The van der Waals surface area contributed by atoms with Gasteiger partial charge in [-0.2, -0.15) is 0 Å². The summed E-state index contributed by atoms with van der Waals surface area (Å²) in [5, 5.41) is 0. The molecule has 1 heterocycles. The molecule has 1 aromatic carbocycles. The van der Waals surface area contributed by atoms with Gasteiger partial charge in [0, 0.05) is 31.4 Å². The lowest BCUT2D eigenvalue weighted by Crippen LogP contribution is -2.31. The summed E-state index contributed by atoms with van der Waals surface area (Å²) >= 11 is 0. The van der Waals surface area contributed by atoms with Crippen LogP contribution in [0.25, 0.3) is 0 Å². The van der Waals surface area contributed by atoms with E-state index in [4.69, 9.17) is 0 Å². The highest BCUT2D eigenvalue weighted by Gasteiger charge is 2.22. The van der Waals surface area contributed by atoms with Crippen LogP contribution in [0.3, 0.4) is 0 Å². The summed E-state index contributed by atoms with van der Waals surface area (Å²) in [4.78, 5) is 11.9. The zero-order chi connectivity index (χ0) is 13.3. The van der Waals surface area contributed by atoms with Crippen LogP contribution in [-0.2, 0) is 19.0 Å². The molecule has 2 rings (SSSR count). The van der Waals surface area contributed by atoms with Crippen molar-refractivity contribution in [3.8, 4) is 0 Å². The Hall–Kier alpha value is -1.77. The third kappa shape index (κ3) is 2.40. The maximum absolute atomic E-state index is 11.9. The Kier molecular flexibility index (Phi) is 3.16. The van der Waals surface area contributed by atoms with Gasteiger partial charge < -0.3 is 4.57 Å². The number of rotatable bonds is 3. The van der Waals surface area contributed by atoms with E-state index in [9.17, 15) is 4.79 Å². The number of aromatic nitrogens is 2. The van der Waals surface area contributed by atoms with E-state index >= 15 is 0 Å². The first kappa shape index (κ1) is 12.7. The van der Waals surface area contributed by atoms with Gasteiger partial charge in [-0.15, -0.1) is 0 Å². The van der Waals surface area contributed by atoms with Gasteiger partial charge in [-0.05, 0) is 12.5 Å². The van der Waals surface area contributed by atoms with Crippen LogP contribution in [0.1, 0.15) is 25.0 Å². The molecule has 0 aliphatic heterocycles. The van der Waals surface area contributed by atoms with Crippen molar-refractivity contribution in [3.63, 3.8) is 0 Å². The fourth-order valence-corrected chi connectivity index (χ4v) is 2.15. The molecular formula is C15H20N2O. The fourth-order valence-electron chi connectivity index (χ4n) is 2.15. The maximum atomic E-state index is 11.9. The molecule has 0 fully saturated rings. The summed E-state index contributed by atoms with van der Waals surface area (Å²) in [7, 11) is 1.78. The largest absolute Gasteiger partial charge is 0.327 e. The van der Waals surface area contributed by atoms with Gasteiger partial charge in [0.25, 0.3) is 0 Å². The first-order chi connectivity index (χ1) is 8.40. The maximum Gasteiger partial charge on any atom is 0.327 e. The van der Waals surface area contributed by atoms with Crippen molar-refractivity contribution in [2.24, 2.45) is 7.05 Å². The minimum absolute atomic E-state index is 0.0372. The van der Waals surface area contributed by atoms with Gasteiger partial charge in [0.15, 0.2) is 0 Å². The van der Waals surface area contributed by atoms with Crippen molar-refractivity contribution >= 4 is 0 Å². The minimum atomic E-state index is -0.0567. The lowest BCUT2D eigenvalue weighted by molar-refractivity contribution is 0.425. The van der Waals surface area contributed by atoms with Gasteiger partial charge in [0.2, 0.25) is 0 Å². The Morgan fingerprint density at radius 1 is 1.11 bits per heavy atom. The third-order valence-corrected chi connectivity index (χ3v) is 3.42. The second-order valence-corrected chi connectivity index (χ2v) is 5.57. The van der Waals surface area contributed by atoms with Crippen LogP contribution >= 0.6 is 0 Å².